The van der Waals surface area contributed by atoms with Crippen LogP contribution in [0.3, 0.4) is 0 Å². The van der Waals surface area contributed by atoms with E-state index in [1.165, 1.54) is 5.56 Å². The van der Waals surface area contributed by atoms with Gasteiger partial charge in [0.25, 0.3) is 0 Å². The van der Waals surface area contributed by atoms with E-state index in [0.29, 0.717) is 17.6 Å². The van der Waals surface area contributed by atoms with Crippen molar-refractivity contribution in [2.24, 2.45) is 5.84 Å². The first kappa shape index (κ1) is 14.0. The number of halogens is 1. The maximum atomic E-state index is 5.48. The molecule has 4 nitrogen and oxygen atoms in total. The highest BCUT2D eigenvalue weighted by Crippen LogP contribution is 2.28. The molecule has 0 aliphatic heterocycles. The summed E-state index contributed by atoms with van der Waals surface area (Å²) < 4.78 is 0.983. The van der Waals surface area contributed by atoms with Crippen molar-refractivity contribution in [2.75, 3.05) is 5.43 Å². The lowest BCUT2D eigenvalue weighted by molar-refractivity contribution is 0.817. The molecular formula is C14H17BrN4. The largest absolute Gasteiger partial charge is 0.308 e. The van der Waals surface area contributed by atoms with Crippen LogP contribution in [0.25, 0.3) is 11.4 Å². The molecule has 0 unspecified atom stereocenters. The maximum Gasteiger partial charge on any atom is 0.162 e. The highest BCUT2D eigenvalue weighted by atomic mass is 79.9. The first-order valence-corrected chi connectivity index (χ1v) is 6.92. The van der Waals surface area contributed by atoms with Crippen molar-refractivity contribution in [1.29, 1.82) is 0 Å². The van der Waals surface area contributed by atoms with Crippen LogP contribution in [0.1, 0.15) is 31.0 Å². The third-order valence-electron chi connectivity index (χ3n) is 2.85. The molecular weight excluding hydrogens is 304 g/mol. The summed E-state index contributed by atoms with van der Waals surface area (Å²) >= 11 is 3.56. The Kier molecular flexibility index (Phi) is 4.17. The van der Waals surface area contributed by atoms with Crippen LogP contribution >= 0.6 is 15.9 Å². The minimum atomic E-state index is 0.318. The topological polar surface area (TPSA) is 63.8 Å². The second kappa shape index (κ2) is 5.67. The van der Waals surface area contributed by atoms with Crippen molar-refractivity contribution >= 4 is 21.7 Å². The van der Waals surface area contributed by atoms with Gasteiger partial charge in [-0.3, -0.25) is 0 Å². The number of rotatable bonds is 3. The van der Waals surface area contributed by atoms with Crippen LogP contribution in [0.5, 0.6) is 0 Å². The number of aromatic nitrogens is 2. The van der Waals surface area contributed by atoms with Gasteiger partial charge in [0.1, 0.15) is 5.82 Å². The molecule has 2 aromatic rings. The van der Waals surface area contributed by atoms with Crippen LogP contribution in [0, 0.1) is 6.92 Å². The zero-order valence-electron chi connectivity index (χ0n) is 11.2. The van der Waals surface area contributed by atoms with Crippen molar-refractivity contribution in [1.82, 2.24) is 9.97 Å². The van der Waals surface area contributed by atoms with Crippen LogP contribution in [-0.2, 0) is 0 Å². The fraction of sp³-hybridized carbons (Fsp3) is 0.286. The summed E-state index contributed by atoms with van der Waals surface area (Å²) in [4.78, 5) is 9.02. The van der Waals surface area contributed by atoms with Gasteiger partial charge < -0.3 is 5.43 Å². The van der Waals surface area contributed by atoms with E-state index in [2.05, 4.69) is 51.2 Å². The molecule has 5 heteroatoms. The van der Waals surface area contributed by atoms with Gasteiger partial charge in [0.05, 0.1) is 0 Å². The van der Waals surface area contributed by atoms with Gasteiger partial charge in [-0.1, -0.05) is 35.8 Å². The Balaban J connectivity index is 2.57. The Hall–Kier alpha value is -1.46. The zero-order valence-corrected chi connectivity index (χ0v) is 12.8. The molecule has 19 heavy (non-hydrogen) atoms. The van der Waals surface area contributed by atoms with Gasteiger partial charge in [0, 0.05) is 21.8 Å². The summed E-state index contributed by atoms with van der Waals surface area (Å²) in [5.74, 6) is 7.09. The fourth-order valence-electron chi connectivity index (χ4n) is 1.76. The molecule has 0 amide bonds. The van der Waals surface area contributed by atoms with E-state index in [1.807, 2.05) is 25.1 Å². The molecule has 0 aliphatic carbocycles. The quantitative estimate of drug-likeness (QED) is 0.669. The second-order valence-electron chi connectivity index (χ2n) is 4.78. The minimum absolute atomic E-state index is 0.318. The number of hydrazine groups is 1. The molecule has 2 rings (SSSR count). The van der Waals surface area contributed by atoms with Gasteiger partial charge in [0.2, 0.25) is 0 Å². The Bertz CT molecular complexity index is 596. The van der Waals surface area contributed by atoms with E-state index in [9.17, 15) is 0 Å². The summed E-state index contributed by atoms with van der Waals surface area (Å²) in [6.45, 7) is 6.24. The normalized spacial score (nSPS) is 10.8. The Morgan fingerprint density at radius 3 is 2.53 bits per heavy atom. The number of nitrogen functional groups attached to an aromatic ring is 1. The standard InChI is InChI=1S/C14H17BrN4/c1-8(2)12-7-13(19-16)18-14(17-12)10-5-4-9(3)6-11(10)15/h4-8H,16H2,1-3H3,(H,17,18,19). The molecule has 0 aliphatic rings. The number of nitrogens with two attached hydrogens (primary N) is 1. The van der Waals surface area contributed by atoms with E-state index in [1.54, 1.807) is 0 Å². The van der Waals surface area contributed by atoms with Crippen LogP contribution in [-0.4, -0.2) is 9.97 Å². The average molecular weight is 321 g/mol. The summed E-state index contributed by atoms with van der Waals surface area (Å²) in [5, 5.41) is 0. The van der Waals surface area contributed by atoms with Crippen LogP contribution < -0.4 is 11.3 Å². The lowest BCUT2D eigenvalue weighted by Gasteiger charge is -2.11. The summed E-state index contributed by atoms with van der Waals surface area (Å²) in [6.07, 6.45) is 0. The van der Waals surface area contributed by atoms with E-state index in [0.717, 1.165) is 15.7 Å². The van der Waals surface area contributed by atoms with Gasteiger partial charge in [-0.2, -0.15) is 0 Å². The van der Waals surface area contributed by atoms with Gasteiger partial charge in [-0.05, 0) is 30.5 Å². The van der Waals surface area contributed by atoms with Gasteiger partial charge in [0.15, 0.2) is 5.82 Å². The Labute approximate surface area is 121 Å². The summed E-state index contributed by atoms with van der Waals surface area (Å²) in [6, 6.07) is 7.98. The van der Waals surface area contributed by atoms with Gasteiger partial charge in [-0.15, -0.1) is 0 Å². The number of aryl methyl sites for hydroxylation is 1. The molecule has 100 valence electrons. The van der Waals surface area contributed by atoms with Gasteiger partial charge in [-0.25, -0.2) is 15.8 Å². The Morgan fingerprint density at radius 2 is 1.95 bits per heavy atom. The third kappa shape index (κ3) is 3.11. The molecule has 0 saturated carbocycles. The molecule has 0 atom stereocenters. The summed E-state index contributed by atoms with van der Waals surface area (Å²) in [5.41, 5.74) is 5.71. The second-order valence-corrected chi connectivity index (χ2v) is 5.64. The first-order chi connectivity index (χ1) is 9.01. The van der Waals surface area contributed by atoms with Crippen LogP contribution in [0.2, 0.25) is 0 Å². The number of anilines is 1. The van der Waals surface area contributed by atoms with Crippen molar-refractivity contribution in [3.63, 3.8) is 0 Å². The van der Waals surface area contributed by atoms with Gasteiger partial charge >= 0.3 is 0 Å². The number of hydrogen-bond acceptors (Lipinski definition) is 4. The smallest absolute Gasteiger partial charge is 0.162 e. The molecule has 0 spiro atoms. The highest BCUT2D eigenvalue weighted by Gasteiger charge is 2.11. The van der Waals surface area contributed by atoms with Crippen LogP contribution in [0.4, 0.5) is 5.82 Å². The molecule has 3 N–H and O–H groups in total. The third-order valence-corrected chi connectivity index (χ3v) is 3.51. The number of benzene rings is 1. The maximum absolute atomic E-state index is 5.48. The monoisotopic (exact) mass is 320 g/mol. The van der Waals surface area contributed by atoms with E-state index >= 15 is 0 Å². The highest BCUT2D eigenvalue weighted by molar-refractivity contribution is 9.10. The number of nitrogens with zero attached hydrogens (tertiary/aromatic N) is 2. The lowest BCUT2D eigenvalue weighted by Crippen LogP contribution is -2.11. The molecule has 1 heterocycles. The number of hydrogen-bond donors (Lipinski definition) is 2. The minimum Gasteiger partial charge on any atom is -0.308 e. The predicted octanol–water partition coefficient (Wildman–Crippen LogP) is 3.62. The molecule has 0 fully saturated rings. The summed E-state index contributed by atoms with van der Waals surface area (Å²) in [7, 11) is 0. The number of nitrogens with one attached hydrogen (secondary N) is 1. The molecule has 1 aromatic heterocycles. The van der Waals surface area contributed by atoms with Crippen molar-refractivity contribution < 1.29 is 0 Å². The molecule has 1 aromatic carbocycles. The van der Waals surface area contributed by atoms with Crippen molar-refractivity contribution in [3.05, 3.63) is 40.0 Å². The van der Waals surface area contributed by atoms with Crippen molar-refractivity contribution in [3.8, 4) is 11.4 Å². The van der Waals surface area contributed by atoms with E-state index in [4.69, 9.17) is 5.84 Å². The first-order valence-electron chi connectivity index (χ1n) is 6.13. The zero-order chi connectivity index (χ0) is 14.0. The SMILES string of the molecule is Cc1ccc(-c2nc(NN)cc(C(C)C)n2)c(Br)c1. The predicted molar refractivity (Wildman–Crippen MR) is 81.8 cm³/mol. The molecule has 0 bridgehead atoms. The Morgan fingerprint density at radius 1 is 1.21 bits per heavy atom. The van der Waals surface area contributed by atoms with E-state index < -0.39 is 0 Å². The van der Waals surface area contributed by atoms with E-state index in [-0.39, 0.29) is 0 Å². The average Bonchev–Trinajstić information content (AvgIpc) is 2.38. The van der Waals surface area contributed by atoms with Crippen LogP contribution in [0.15, 0.2) is 28.7 Å². The fourth-order valence-corrected chi connectivity index (χ4v) is 2.43. The lowest BCUT2D eigenvalue weighted by atomic mass is 10.1. The molecule has 0 saturated heterocycles. The molecule has 0 radical (unpaired) electrons. The van der Waals surface area contributed by atoms with Crippen molar-refractivity contribution in [2.45, 2.75) is 26.7 Å².